The first kappa shape index (κ1) is 17.9. The van der Waals surface area contributed by atoms with Gasteiger partial charge in [-0.2, -0.15) is 5.10 Å². The highest BCUT2D eigenvalue weighted by Crippen LogP contribution is 2.30. The Balaban J connectivity index is 1.44. The van der Waals surface area contributed by atoms with Crippen molar-refractivity contribution in [1.29, 1.82) is 0 Å². The highest BCUT2D eigenvalue weighted by Gasteiger charge is 2.22. The maximum Gasteiger partial charge on any atom is 0.226 e. The third-order valence-corrected chi connectivity index (χ3v) is 4.95. The van der Waals surface area contributed by atoms with E-state index >= 15 is 0 Å². The lowest BCUT2D eigenvalue weighted by Crippen LogP contribution is -2.25. The molecule has 0 fully saturated rings. The van der Waals surface area contributed by atoms with Crippen LogP contribution in [0.1, 0.15) is 18.9 Å². The Kier molecular flexibility index (Phi) is 4.65. The predicted octanol–water partition coefficient (Wildman–Crippen LogP) is 2.33. The number of para-hydroxylation sites is 1. The predicted molar refractivity (Wildman–Crippen MR) is 107 cm³/mol. The molecule has 0 radical (unpaired) electrons. The summed E-state index contributed by atoms with van der Waals surface area (Å²) in [6.07, 6.45) is 2.30. The zero-order valence-corrected chi connectivity index (χ0v) is 15.5. The summed E-state index contributed by atoms with van der Waals surface area (Å²) in [5.74, 6) is -0.109. The topological polar surface area (TPSA) is 84.3 Å². The summed E-state index contributed by atoms with van der Waals surface area (Å²) < 4.78 is 1.67. The van der Waals surface area contributed by atoms with E-state index in [-0.39, 0.29) is 23.7 Å². The first-order valence-corrected chi connectivity index (χ1v) is 9.19. The molecular weight excluding hydrogens is 356 g/mol. The molecule has 2 amide bonds. The molecule has 2 aromatic carbocycles. The molecule has 0 atom stereocenters. The van der Waals surface area contributed by atoms with Crippen LogP contribution in [0.2, 0.25) is 0 Å². The number of carbonyl (C=O) groups excluding carboxylic acids is 2. The van der Waals surface area contributed by atoms with E-state index in [4.69, 9.17) is 0 Å². The van der Waals surface area contributed by atoms with E-state index in [0.717, 1.165) is 17.7 Å². The molecule has 0 spiro atoms. The molecule has 0 saturated carbocycles. The number of hydrogen-bond acceptors (Lipinski definition) is 4. The second-order valence-corrected chi connectivity index (χ2v) is 6.81. The highest BCUT2D eigenvalue weighted by atomic mass is 16.2. The minimum atomic E-state index is -0.133. The fourth-order valence-corrected chi connectivity index (χ4v) is 3.58. The van der Waals surface area contributed by atoms with E-state index in [0.29, 0.717) is 29.7 Å². The smallest absolute Gasteiger partial charge is 0.226 e. The van der Waals surface area contributed by atoms with Gasteiger partial charge in [-0.05, 0) is 42.3 Å². The Labute approximate surface area is 161 Å². The summed E-state index contributed by atoms with van der Waals surface area (Å²) >= 11 is 0. The van der Waals surface area contributed by atoms with Gasteiger partial charge < -0.3 is 10.2 Å². The zero-order chi connectivity index (χ0) is 19.7. The van der Waals surface area contributed by atoms with Crippen LogP contribution in [0.3, 0.4) is 0 Å². The van der Waals surface area contributed by atoms with Crippen molar-refractivity contribution in [2.45, 2.75) is 26.3 Å². The quantitative estimate of drug-likeness (QED) is 0.757. The lowest BCUT2D eigenvalue weighted by molar-refractivity contribution is -0.117. The Morgan fingerprint density at radius 3 is 2.82 bits per heavy atom. The first-order valence-electron chi connectivity index (χ1n) is 9.19. The molecule has 1 aromatic heterocycles. The fraction of sp³-hybridized carbons (Fsp3) is 0.238. The Morgan fingerprint density at radius 2 is 2.00 bits per heavy atom. The molecule has 0 aliphatic carbocycles. The number of nitrogens with zero attached hydrogens (tertiary/aromatic N) is 3. The SMILES string of the molecule is CC(=O)N1CCc2cc(NC(=O)CCn3ncc(=O)c4ccccc43)ccc21. The number of nitrogens with one attached hydrogen (secondary N) is 1. The molecule has 1 aliphatic rings. The van der Waals surface area contributed by atoms with Crippen LogP contribution in [0.4, 0.5) is 11.4 Å². The number of rotatable bonds is 4. The van der Waals surface area contributed by atoms with Crippen LogP contribution in [-0.4, -0.2) is 28.1 Å². The van der Waals surface area contributed by atoms with Gasteiger partial charge in [0.05, 0.1) is 18.3 Å². The average Bonchev–Trinajstić information content (AvgIpc) is 3.11. The van der Waals surface area contributed by atoms with Gasteiger partial charge in [-0.1, -0.05) is 12.1 Å². The van der Waals surface area contributed by atoms with Gasteiger partial charge >= 0.3 is 0 Å². The van der Waals surface area contributed by atoms with Crippen LogP contribution in [-0.2, 0) is 22.6 Å². The molecule has 0 unspecified atom stereocenters. The van der Waals surface area contributed by atoms with Gasteiger partial charge in [0.2, 0.25) is 17.2 Å². The van der Waals surface area contributed by atoms with Crippen LogP contribution in [0.15, 0.2) is 53.5 Å². The van der Waals surface area contributed by atoms with E-state index in [1.807, 2.05) is 36.4 Å². The Morgan fingerprint density at radius 1 is 1.18 bits per heavy atom. The number of aromatic nitrogens is 2. The normalized spacial score (nSPS) is 12.8. The number of carbonyl (C=O) groups is 2. The molecule has 142 valence electrons. The van der Waals surface area contributed by atoms with Crippen molar-refractivity contribution in [3.8, 4) is 0 Å². The molecule has 3 aromatic rings. The molecule has 0 saturated heterocycles. The summed E-state index contributed by atoms with van der Waals surface area (Å²) in [6, 6.07) is 12.8. The maximum absolute atomic E-state index is 12.4. The second kappa shape index (κ2) is 7.26. The number of fused-ring (bicyclic) bond motifs is 2. The minimum Gasteiger partial charge on any atom is -0.326 e. The van der Waals surface area contributed by atoms with Gasteiger partial charge in [0.25, 0.3) is 0 Å². The number of hydrogen-bond donors (Lipinski definition) is 1. The molecule has 4 rings (SSSR count). The zero-order valence-electron chi connectivity index (χ0n) is 15.5. The Hall–Kier alpha value is -3.48. The molecule has 0 bridgehead atoms. The standard InChI is InChI=1S/C21H20N4O3/c1-14(26)24-10-8-15-12-16(6-7-18(15)24)23-21(28)9-11-25-19-5-3-2-4-17(19)20(27)13-22-25/h2-7,12-13H,8-11H2,1H3,(H,23,28). The molecular formula is C21H20N4O3. The molecule has 2 heterocycles. The van der Waals surface area contributed by atoms with Crippen molar-refractivity contribution in [3.05, 3.63) is 64.4 Å². The fourth-order valence-electron chi connectivity index (χ4n) is 3.58. The molecule has 7 nitrogen and oxygen atoms in total. The van der Waals surface area contributed by atoms with Crippen molar-refractivity contribution in [2.24, 2.45) is 0 Å². The third-order valence-electron chi connectivity index (χ3n) is 4.95. The van der Waals surface area contributed by atoms with Gasteiger partial charge in [-0.25, -0.2) is 0 Å². The second-order valence-electron chi connectivity index (χ2n) is 6.81. The molecule has 1 N–H and O–H groups in total. The largest absolute Gasteiger partial charge is 0.326 e. The van der Waals surface area contributed by atoms with Crippen molar-refractivity contribution in [1.82, 2.24) is 9.78 Å². The number of benzene rings is 2. The number of aryl methyl sites for hydroxylation is 1. The monoisotopic (exact) mass is 376 g/mol. The van der Waals surface area contributed by atoms with E-state index < -0.39 is 0 Å². The van der Waals surface area contributed by atoms with E-state index in [1.54, 1.807) is 22.6 Å². The summed E-state index contributed by atoms with van der Waals surface area (Å²) in [5.41, 5.74) is 3.26. The Bertz CT molecular complexity index is 1140. The maximum atomic E-state index is 12.4. The molecule has 1 aliphatic heterocycles. The molecule has 7 heteroatoms. The summed E-state index contributed by atoms with van der Waals surface area (Å²) in [6.45, 7) is 2.60. The minimum absolute atomic E-state index is 0.0244. The average molecular weight is 376 g/mol. The van der Waals surface area contributed by atoms with Gasteiger partial charge in [0.15, 0.2) is 0 Å². The third kappa shape index (κ3) is 3.38. The van der Waals surface area contributed by atoms with Crippen LogP contribution in [0, 0.1) is 0 Å². The highest BCUT2D eigenvalue weighted by molar-refractivity contribution is 5.95. The number of amides is 2. The van der Waals surface area contributed by atoms with Gasteiger partial charge in [-0.15, -0.1) is 0 Å². The van der Waals surface area contributed by atoms with Gasteiger partial charge in [0, 0.05) is 36.7 Å². The van der Waals surface area contributed by atoms with Crippen molar-refractivity contribution >= 4 is 34.1 Å². The van der Waals surface area contributed by atoms with Crippen LogP contribution in [0.5, 0.6) is 0 Å². The van der Waals surface area contributed by atoms with Crippen molar-refractivity contribution in [3.63, 3.8) is 0 Å². The summed E-state index contributed by atoms with van der Waals surface area (Å²) in [7, 11) is 0. The summed E-state index contributed by atoms with van der Waals surface area (Å²) in [5, 5.41) is 7.63. The summed E-state index contributed by atoms with van der Waals surface area (Å²) in [4.78, 5) is 37.6. The van der Waals surface area contributed by atoms with Crippen molar-refractivity contribution < 1.29 is 9.59 Å². The van der Waals surface area contributed by atoms with Crippen LogP contribution < -0.4 is 15.6 Å². The van der Waals surface area contributed by atoms with E-state index in [2.05, 4.69) is 10.4 Å². The van der Waals surface area contributed by atoms with Crippen LogP contribution in [0.25, 0.3) is 10.9 Å². The first-order chi connectivity index (χ1) is 13.5. The lowest BCUT2D eigenvalue weighted by atomic mass is 10.1. The van der Waals surface area contributed by atoms with Gasteiger partial charge in [-0.3, -0.25) is 19.1 Å². The van der Waals surface area contributed by atoms with Gasteiger partial charge in [0.1, 0.15) is 0 Å². The molecule has 28 heavy (non-hydrogen) atoms. The van der Waals surface area contributed by atoms with E-state index in [1.165, 1.54) is 6.20 Å². The number of anilines is 2. The van der Waals surface area contributed by atoms with E-state index in [9.17, 15) is 14.4 Å². The van der Waals surface area contributed by atoms with Crippen molar-refractivity contribution in [2.75, 3.05) is 16.8 Å². The van der Waals surface area contributed by atoms with Crippen LogP contribution >= 0.6 is 0 Å². The lowest BCUT2D eigenvalue weighted by Gasteiger charge is -2.15.